The van der Waals surface area contributed by atoms with Gasteiger partial charge in [-0.2, -0.15) is 0 Å². The minimum absolute atomic E-state index is 0.0252. The zero-order chi connectivity index (χ0) is 62.4. The zero-order valence-corrected chi connectivity index (χ0v) is 47.5. The van der Waals surface area contributed by atoms with Gasteiger partial charge >= 0.3 is 47.8 Å². The van der Waals surface area contributed by atoms with E-state index in [4.69, 9.17) is 14.6 Å². The van der Waals surface area contributed by atoms with Gasteiger partial charge in [0.25, 0.3) is 0 Å². The molecule has 2 rings (SSSR count). The van der Waals surface area contributed by atoms with Gasteiger partial charge in [-0.25, -0.2) is 14.4 Å². The number of carbonyl (C=O) groups is 12. The molecule has 472 valence electrons. The van der Waals surface area contributed by atoms with Gasteiger partial charge in [0, 0.05) is 84.8 Å². The van der Waals surface area contributed by atoms with E-state index in [1.54, 1.807) is 19.6 Å². The number of amides is 6. The van der Waals surface area contributed by atoms with Gasteiger partial charge in [-0.05, 0) is 70.3 Å². The first-order valence-corrected chi connectivity index (χ1v) is 27.7. The fraction of sp³-hybridized carbons (Fsp3) is 0.660. The third-order valence-corrected chi connectivity index (χ3v) is 13.1. The average Bonchev–Trinajstić information content (AvgIpc) is 3.48. The highest BCUT2D eigenvalue weighted by molar-refractivity contribution is 5.88. The van der Waals surface area contributed by atoms with Crippen LogP contribution in [0.15, 0.2) is 24.3 Å². The molecule has 3 atom stereocenters. The summed E-state index contributed by atoms with van der Waals surface area (Å²) < 4.78 is 10.9. The smallest absolute Gasteiger partial charge is 0.326 e. The lowest BCUT2D eigenvalue weighted by Crippen LogP contribution is -2.52. The first-order chi connectivity index (χ1) is 39.9. The Morgan fingerprint density at radius 1 is 0.500 bits per heavy atom. The van der Waals surface area contributed by atoms with E-state index >= 15 is 0 Å². The minimum atomic E-state index is -1.60. The third-order valence-electron chi connectivity index (χ3n) is 13.1. The number of aryl methyl sites for hydroxylation is 2. The van der Waals surface area contributed by atoms with Gasteiger partial charge in [0.1, 0.15) is 31.3 Å². The molecule has 0 aliphatic carbocycles. The molecular weight excluding hydrogens is 1110 g/mol. The Morgan fingerprint density at radius 2 is 1.00 bits per heavy atom. The summed E-state index contributed by atoms with van der Waals surface area (Å²) in [5.41, 5.74) is 2.27. The van der Waals surface area contributed by atoms with E-state index in [1.165, 1.54) is 0 Å². The second-order valence-corrected chi connectivity index (χ2v) is 20.1. The zero-order valence-electron chi connectivity index (χ0n) is 47.5. The monoisotopic (exact) mass is 1200 g/mol. The number of unbranched alkanes of at least 4 members (excludes halogenated alkanes) is 2. The molecule has 1 aromatic rings. The first kappa shape index (κ1) is 72.5. The molecule has 0 saturated carbocycles. The quantitative estimate of drug-likeness (QED) is 0.0312. The van der Waals surface area contributed by atoms with Crippen molar-refractivity contribution in [2.45, 2.75) is 95.7 Å². The number of rotatable bonds is 41. The van der Waals surface area contributed by atoms with E-state index in [2.05, 4.69) is 21.3 Å². The molecule has 31 nitrogen and oxygen atoms in total. The van der Waals surface area contributed by atoms with Crippen LogP contribution >= 0.6 is 0 Å². The number of urea groups is 1. The Labute approximate surface area is 486 Å². The van der Waals surface area contributed by atoms with Gasteiger partial charge in [0.15, 0.2) is 0 Å². The minimum Gasteiger partial charge on any atom is -0.481 e. The maximum atomic E-state index is 13.8. The normalized spacial score (nSPS) is 14.9. The number of carbonyl (C=O) groups excluding carboxylic acids is 5. The Morgan fingerprint density at radius 3 is 1.51 bits per heavy atom. The Hall–Kier alpha value is -7.58. The van der Waals surface area contributed by atoms with Crippen molar-refractivity contribution in [1.29, 1.82) is 0 Å². The number of benzene rings is 1. The summed E-state index contributed by atoms with van der Waals surface area (Å²) >= 11 is 0. The van der Waals surface area contributed by atoms with Crippen molar-refractivity contribution < 1.29 is 103 Å². The highest BCUT2D eigenvalue weighted by Gasteiger charge is 2.27. The number of carboxylic acids is 7. The highest BCUT2D eigenvalue weighted by Crippen LogP contribution is 2.10. The Balaban J connectivity index is 1.99. The van der Waals surface area contributed by atoms with Crippen molar-refractivity contribution in [2.75, 3.05) is 131 Å². The number of nitrogens with zero attached hydrogens (tertiary/aromatic N) is 5. The summed E-state index contributed by atoms with van der Waals surface area (Å²) in [6, 6.07) is 2.75. The molecule has 1 aromatic carbocycles. The molecule has 0 spiro atoms. The largest absolute Gasteiger partial charge is 0.481 e. The summed E-state index contributed by atoms with van der Waals surface area (Å²) in [6.45, 7) is 0.764. The van der Waals surface area contributed by atoms with Crippen molar-refractivity contribution in [3.63, 3.8) is 0 Å². The molecule has 0 bridgehead atoms. The standard InChI is InChI=1S/C53H84N10O21/c1-37-11-13-38(14-12-37)7-6-10-42(64)54-17-4-2-8-39(56-43(65)31-59-20-22-60(32-46(69)70)24-26-62(34-48(73)74)27-25-61(23-21-59)33-47(71)72)50(77)55-18-28-83-29-30-84-36-44(66)63(35-49(75)76)19-5-3-9-40(51(78)79)57-53(82)58-41(52(80)81)15-16-45(67)68/h11-14,39-41H,2-10,15-36H2,1H3,(H,54,64)(H,55,77)(H,56,65)(H,67,68)(H,69,70)(H,71,72)(H,73,74)(H,75,76)(H,78,79)(H,80,81)(H2,57,58,82)/t39-,40-,41-/m0/s1. The van der Waals surface area contributed by atoms with Gasteiger partial charge in [-0.15, -0.1) is 0 Å². The molecule has 1 aliphatic heterocycles. The van der Waals surface area contributed by atoms with Crippen LogP contribution in [0, 0.1) is 6.92 Å². The topological polar surface area (TPSA) is 441 Å². The molecule has 84 heavy (non-hydrogen) atoms. The average molecular weight is 1200 g/mol. The van der Waals surface area contributed by atoms with Gasteiger partial charge < -0.3 is 76.7 Å². The van der Waals surface area contributed by atoms with E-state index in [-0.39, 0.29) is 143 Å². The SMILES string of the molecule is Cc1ccc(CCCC(=O)NCCCC[C@H](NC(=O)CN2CCN(CC(=O)O)CCN(CC(=O)O)CCN(CC(=O)O)CC2)C(=O)NCCOCCOCC(=O)N(CCCC[C@H](NC(=O)N[C@@H](CCC(=O)O)C(=O)O)C(=O)O)CC(=O)O)cc1. The summed E-state index contributed by atoms with van der Waals surface area (Å²) in [7, 11) is 0. The van der Waals surface area contributed by atoms with E-state index in [0.717, 1.165) is 22.4 Å². The maximum absolute atomic E-state index is 13.8. The van der Waals surface area contributed by atoms with Crippen molar-refractivity contribution in [1.82, 2.24) is 51.1 Å². The van der Waals surface area contributed by atoms with Crippen molar-refractivity contribution in [2.24, 2.45) is 0 Å². The molecule has 31 heteroatoms. The van der Waals surface area contributed by atoms with Gasteiger partial charge in [0.2, 0.25) is 23.6 Å². The van der Waals surface area contributed by atoms with E-state index in [0.29, 0.717) is 32.2 Å². The van der Waals surface area contributed by atoms with Gasteiger partial charge in [-0.1, -0.05) is 29.8 Å². The Kier molecular flexibility index (Phi) is 35.8. The predicted octanol–water partition coefficient (Wildman–Crippen LogP) is -2.13. The maximum Gasteiger partial charge on any atom is 0.326 e. The molecule has 1 saturated heterocycles. The van der Waals surface area contributed by atoms with Gasteiger partial charge in [-0.3, -0.25) is 62.8 Å². The lowest BCUT2D eigenvalue weighted by Gasteiger charge is -2.33. The predicted molar refractivity (Wildman–Crippen MR) is 296 cm³/mol. The van der Waals surface area contributed by atoms with Crippen LogP contribution in [-0.2, 0) is 68.6 Å². The van der Waals surface area contributed by atoms with E-state index in [1.807, 2.05) is 36.5 Å². The Bertz CT molecular complexity index is 2260. The molecule has 12 N–H and O–H groups in total. The van der Waals surface area contributed by atoms with Crippen LogP contribution in [0.5, 0.6) is 0 Å². The van der Waals surface area contributed by atoms with Gasteiger partial charge in [0.05, 0.1) is 46.0 Å². The molecule has 1 heterocycles. The highest BCUT2D eigenvalue weighted by atomic mass is 16.5. The fourth-order valence-corrected chi connectivity index (χ4v) is 8.58. The third kappa shape index (κ3) is 34.8. The van der Waals surface area contributed by atoms with Crippen molar-refractivity contribution >= 4 is 71.4 Å². The van der Waals surface area contributed by atoms with Crippen LogP contribution in [0.25, 0.3) is 0 Å². The van der Waals surface area contributed by atoms with Crippen LogP contribution < -0.4 is 26.6 Å². The number of ether oxygens (including phenoxy) is 2. The molecule has 1 fully saturated rings. The second-order valence-electron chi connectivity index (χ2n) is 20.1. The number of hydrogen-bond acceptors (Lipinski definition) is 18. The summed E-state index contributed by atoms with van der Waals surface area (Å²) in [5.74, 6) is -10.9. The van der Waals surface area contributed by atoms with Crippen LogP contribution in [0.1, 0.15) is 75.3 Å². The van der Waals surface area contributed by atoms with Crippen LogP contribution in [0.4, 0.5) is 4.79 Å². The molecule has 0 aromatic heterocycles. The van der Waals surface area contributed by atoms with Crippen molar-refractivity contribution in [3.8, 4) is 0 Å². The lowest BCUT2D eigenvalue weighted by atomic mass is 10.1. The molecule has 0 radical (unpaired) electrons. The van der Waals surface area contributed by atoms with Crippen LogP contribution in [0.3, 0.4) is 0 Å². The number of nitrogens with one attached hydrogen (secondary N) is 5. The van der Waals surface area contributed by atoms with E-state index < -0.39 is 110 Å². The van der Waals surface area contributed by atoms with E-state index in [9.17, 15) is 88.2 Å². The van der Waals surface area contributed by atoms with Crippen LogP contribution in [-0.4, -0.2) is 281 Å². The summed E-state index contributed by atoms with van der Waals surface area (Å²) in [6.07, 6.45) is 1.72. The molecule has 6 amide bonds. The number of carboxylic acid groups (broad SMARTS) is 7. The number of hydrogen-bond donors (Lipinski definition) is 12. The molecular formula is C53H84N10O21. The second kappa shape index (κ2) is 41.4. The van der Waals surface area contributed by atoms with Crippen molar-refractivity contribution in [3.05, 3.63) is 35.4 Å². The lowest BCUT2D eigenvalue weighted by molar-refractivity contribution is -0.146. The molecule has 0 unspecified atom stereocenters. The number of aliphatic carboxylic acids is 7. The summed E-state index contributed by atoms with van der Waals surface area (Å²) in [4.78, 5) is 153. The molecule has 1 aliphatic rings. The first-order valence-electron chi connectivity index (χ1n) is 27.7. The fourth-order valence-electron chi connectivity index (χ4n) is 8.58. The summed E-state index contributed by atoms with van der Waals surface area (Å²) in [5, 5.41) is 78.3. The van der Waals surface area contributed by atoms with Crippen LogP contribution in [0.2, 0.25) is 0 Å².